The molecule has 1 unspecified atom stereocenters. The van der Waals surface area contributed by atoms with Crippen molar-refractivity contribution < 1.29 is 42.0 Å². The van der Waals surface area contributed by atoms with Crippen LogP contribution >= 0.6 is 0 Å². The van der Waals surface area contributed by atoms with Crippen LogP contribution in [0, 0.1) is 0 Å². The molecule has 9 heteroatoms. The van der Waals surface area contributed by atoms with Crippen molar-refractivity contribution >= 4 is 5.97 Å². The van der Waals surface area contributed by atoms with Crippen molar-refractivity contribution in [3.63, 3.8) is 0 Å². The highest BCUT2D eigenvalue weighted by Crippen LogP contribution is 2.44. The minimum absolute atomic E-state index is 0.0398. The van der Waals surface area contributed by atoms with E-state index in [9.17, 15) is 18.0 Å². The average Bonchev–Trinajstić information content (AvgIpc) is 2.48. The summed E-state index contributed by atoms with van der Waals surface area (Å²) >= 11 is 0. The molecule has 1 aromatic rings. The summed E-state index contributed by atoms with van der Waals surface area (Å²) in [7, 11) is 3.87. The molecule has 23 heavy (non-hydrogen) atoms. The molecule has 0 bridgehead atoms. The Morgan fingerprint density at radius 1 is 1.13 bits per heavy atom. The molecule has 130 valence electrons. The number of rotatable bonds is 8. The summed E-state index contributed by atoms with van der Waals surface area (Å²) in [4.78, 5) is 10.4. The summed E-state index contributed by atoms with van der Waals surface area (Å²) in [6.45, 7) is -0.587. The van der Waals surface area contributed by atoms with E-state index in [1.807, 2.05) is 0 Å². The molecule has 1 atom stereocenters. The van der Waals surface area contributed by atoms with Crippen LogP contribution < -0.4 is 14.2 Å². The molecule has 0 aliphatic carbocycles. The Morgan fingerprint density at radius 3 is 2.00 bits per heavy atom. The number of aliphatic carboxylic acids is 1. The van der Waals surface area contributed by atoms with Gasteiger partial charge >= 0.3 is 12.1 Å². The Balaban J connectivity index is 3.22. The van der Waals surface area contributed by atoms with E-state index in [4.69, 9.17) is 24.1 Å². The standard InChI is InChI=1S/C14H17F3O6/c1-20-9-6-8(7-10(21-2)12(9)22-3)13(14(15,16)17)23-5-4-11(18)19/h6-7,13H,4-5H2,1-3H3,(H,18,19). The summed E-state index contributed by atoms with van der Waals surface area (Å²) in [5.74, 6) is -1.03. The molecule has 1 N–H and O–H groups in total. The van der Waals surface area contributed by atoms with Gasteiger partial charge in [-0.1, -0.05) is 0 Å². The first kappa shape index (κ1) is 18.9. The van der Waals surface area contributed by atoms with Gasteiger partial charge in [0.1, 0.15) is 0 Å². The Labute approximate surface area is 130 Å². The SMILES string of the molecule is COc1cc(C(OCCC(=O)O)C(F)(F)F)cc(OC)c1OC. The van der Waals surface area contributed by atoms with Crippen molar-refractivity contribution in [3.8, 4) is 17.2 Å². The molecule has 0 aliphatic rings. The van der Waals surface area contributed by atoms with Crippen LogP contribution in [-0.4, -0.2) is 45.2 Å². The van der Waals surface area contributed by atoms with Crippen molar-refractivity contribution in [2.24, 2.45) is 0 Å². The highest BCUT2D eigenvalue weighted by atomic mass is 19.4. The van der Waals surface area contributed by atoms with Crippen LogP contribution in [0.5, 0.6) is 17.2 Å². The van der Waals surface area contributed by atoms with Crippen molar-refractivity contribution in [3.05, 3.63) is 17.7 Å². The van der Waals surface area contributed by atoms with Crippen LogP contribution in [0.4, 0.5) is 13.2 Å². The van der Waals surface area contributed by atoms with Gasteiger partial charge in [-0.3, -0.25) is 4.79 Å². The topological polar surface area (TPSA) is 74.2 Å². The van der Waals surface area contributed by atoms with E-state index in [0.29, 0.717) is 0 Å². The maximum atomic E-state index is 13.2. The van der Waals surface area contributed by atoms with E-state index in [1.165, 1.54) is 21.3 Å². The molecule has 0 aliphatic heterocycles. The fraction of sp³-hybridized carbons (Fsp3) is 0.500. The number of carboxylic acids is 1. The van der Waals surface area contributed by atoms with Gasteiger partial charge in [-0.15, -0.1) is 0 Å². The summed E-state index contributed by atoms with van der Waals surface area (Å²) in [5, 5.41) is 8.51. The van der Waals surface area contributed by atoms with Crippen LogP contribution in [0.2, 0.25) is 0 Å². The van der Waals surface area contributed by atoms with Gasteiger partial charge in [-0.2, -0.15) is 13.2 Å². The summed E-state index contributed by atoms with van der Waals surface area (Å²) in [5.41, 5.74) is -0.280. The number of hydrogen-bond donors (Lipinski definition) is 1. The van der Waals surface area contributed by atoms with Gasteiger partial charge in [-0.25, -0.2) is 0 Å². The number of carbonyl (C=O) groups is 1. The third-order valence-electron chi connectivity index (χ3n) is 2.89. The zero-order chi connectivity index (χ0) is 17.6. The minimum Gasteiger partial charge on any atom is -0.493 e. The molecule has 0 heterocycles. The predicted molar refractivity (Wildman–Crippen MR) is 73.1 cm³/mol. The Bertz CT molecular complexity index is 519. The molecule has 0 saturated heterocycles. The molecule has 0 saturated carbocycles. The van der Waals surface area contributed by atoms with Gasteiger partial charge in [0.15, 0.2) is 17.6 Å². The second kappa shape index (κ2) is 7.91. The first-order valence-electron chi connectivity index (χ1n) is 6.44. The molecular weight excluding hydrogens is 321 g/mol. The summed E-state index contributed by atoms with van der Waals surface area (Å²) in [6.07, 6.45) is -7.59. The van der Waals surface area contributed by atoms with Crippen LogP contribution in [0.3, 0.4) is 0 Å². The summed E-state index contributed by atoms with van der Waals surface area (Å²) < 4.78 is 59.4. The number of hydrogen-bond acceptors (Lipinski definition) is 5. The Kier molecular flexibility index (Phi) is 6.49. The number of halogens is 3. The lowest BCUT2D eigenvalue weighted by molar-refractivity contribution is -0.224. The van der Waals surface area contributed by atoms with E-state index in [-0.39, 0.29) is 22.8 Å². The Morgan fingerprint density at radius 2 is 1.65 bits per heavy atom. The monoisotopic (exact) mass is 338 g/mol. The van der Waals surface area contributed by atoms with Gasteiger partial charge in [0.2, 0.25) is 5.75 Å². The normalized spacial score (nSPS) is 12.6. The lowest BCUT2D eigenvalue weighted by atomic mass is 10.1. The maximum Gasteiger partial charge on any atom is 0.418 e. The van der Waals surface area contributed by atoms with Gasteiger partial charge < -0.3 is 24.1 Å². The molecule has 0 radical (unpaired) electrons. The average molecular weight is 338 g/mol. The summed E-state index contributed by atoms with van der Waals surface area (Å²) in [6, 6.07) is 2.22. The van der Waals surface area contributed by atoms with Gasteiger partial charge in [0, 0.05) is 0 Å². The lowest BCUT2D eigenvalue weighted by Gasteiger charge is -2.23. The Hall–Kier alpha value is -2.16. The van der Waals surface area contributed by atoms with Crippen molar-refractivity contribution in [2.75, 3.05) is 27.9 Å². The van der Waals surface area contributed by atoms with Crippen molar-refractivity contribution in [1.82, 2.24) is 0 Å². The molecule has 6 nitrogen and oxygen atoms in total. The van der Waals surface area contributed by atoms with E-state index >= 15 is 0 Å². The lowest BCUT2D eigenvalue weighted by Crippen LogP contribution is -2.24. The molecule has 0 spiro atoms. The van der Waals surface area contributed by atoms with Crippen LogP contribution in [0.15, 0.2) is 12.1 Å². The molecule has 0 aromatic heterocycles. The van der Waals surface area contributed by atoms with E-state index in [2.05, 4.69) is 0 Å². The number of ether oxygens (including phenoxy) is 4. The quantitative estimate of drug-likeness (QED) is 0.786. The predicted octanol–water partition coefficient (Wildman–Crippen LogP) is 2.81. The molecule has 0 amide bonds. The molecule has 0 fully saturated rings. The van der Waals surface area contributed by atoms with Gasteiger partial charge in [-0.05, 0) is 17.7 Å². The van der Waals surface area contributed by atoms with Gasteiger partial charge in [0.25, 0.3) is 0 Å². The number of carboxylic acid groups (broad SMARTS) is 1. The highest BCUT2D eigenvalue weighted by Gasteiger charge is 2.42. The van der Waals surface area contributed by atoms with Crippen LogP contribution in [-0.2, 0) is 9.53 Å². The zero-order valence-corrected chi connectivity index (χ0v) is 12.8. The second-order valence-electron chi connectivity index (χ2n) is 4.39. The minimum atomic E-state index is -4.73. The fourth-order valence-electron chi connectivity index (χ4n) is 1.90. The van der Waals surface area contributed by atoms with E-state index < -0.39 is 31.3 Å². The highest BCUT2D eigenvalue weighted by molar-refractivity contribution is 5.66. The third-order valence-corrected chi connectivity index (χ3v) is 2.89. The number of methoxy groups -OCH3 is 3. The third kappa shape index (κ3) is 4.92. The maximum absolute atomic E-state index is 13.2. The van der Waals surface area contributed by atoms with Crippen molar-refractivity contribution in [2.45, 2.75) is 18.7 Å². The van der Waals surface area contributed by atoms with Crippen LogP contribution in [0.1, 0.15) is 18.1 Å². The largest absolute Gasteiger partial charge is 0.493 e. The molecular formula is C14H17F3O6. The van der Waals surface area contributed by atoms with E-state index in [0.717, 1.165) is 12.1 Å². The first-order chi connectivity index (χ1) is 10.7. The molecule has 1 aromatic carbocycles. The van der Waals surface area contributed by atoms with E-state index in [1.54, 1.807) is 0 Å². The smallest absolute Gasteiger partial charge is 0.418 e. The number of benzene rings is 1. The van der Waals surface area contributed by atoms with Gasteiger partial charge in [0.05, 0.1) is 34.4 Å². The number of alkyl halides is 3. The van der Waals surface area contributed by atoms with Crippen LogP contribution in [0.25, 0.3) is 0 Å². The van der Waals surface area contributed by atoms with Crippen molar-refractivity contribution in [1.29, 1.82) is 0 Å². The second-order valence-corrected chi connectivity index (χ2v) is 4.39. The first-order valence-corrected chi connectivity index (χ1v) is 6.44. The zero-order valence-electron chi connectivity index (χ0n) is 12.8. The molecule has 1 rings (SSSR count). The fourth-order valence-corrected chi connectivity index (χ4v) is 1.90.